The number of carbonyl (C=O) groups is 1. The van der Waals surface area contributed by atoms with E-state index >= 15 is 0 Å². The van der Waals surface area contributed by atoms with Crippen LogP contribution in [0.3, 0.4) is 0 Å². The molecule has 0 radical (unpaired) electrons. The molecule has 2 unspecified atom stereocenters. The SMILES string of the molecule is CCC(C)n1ccc(CC(=O)CC2CCS(=O)(=O)C2)n1. The molecule has 0 bridgehead atoms. The van der Waals surface area contributed by atoms with Gasteiger partial charge in [0.05, 0.1) is 23.6 Å². The molecule has 1 saturated heterocycles. The van der Waals surface area contributed by atoms with Crippen molar-refractivity contribution in [3.63, 3.8) is 0 Å². The van der Waals surface area contributed by atoms with E-state index in [0.717, 1.165) is 12.1 Å². The summed E-state index contributed by atoms with van der Waals surface area (Å²) in [6.07, 6.45) is 4.18. The summed E-state index contributed by atoms with van der Waals surface area (Å²) in [5.41, 5.74) is 0.774. The van der Waals surface area contributed by atoms with Crippen molar-refractivity contribution < 1.29 is 13.2 Å². The third-order valence-corrected chi connectivity index (χ3v) is 5.76. The molecule has 0 spiro atoms. The molecule has 1 aliphatic heterocycles. The third kappa shape index (κ3) is 3.91. The lowest BCUT2D eigenvalue weighted by Crippen LogP contribution is -2.13. The molecule has 0 amide bonds. The van der Waals surface area contributed by atoms with E-state index in [0.29, 0.717) is 25.3 Å². The van der Waals surface area contributed by atoms with Crippen LogP contribution in [0.15, 0.2) is 12.3 Å². The molecule has 5 nitrogen and oxygen atoms in total. The van der Waals surface area contributed by atoms with E-state index in [1.54, 1.807) is 0 Å². The van der Waals surface area contributed by atoms with E-state index in [9.17, 15) is 13.2 Å². The van der Waals surface area contributed by atoms with Gasteiger partial charge in [-0.2, -0.15) is 5.10 Å². The van der Waals surface area contributed by atoms with Gasteiger partial charge in [0.25, 0.3) is 0 Å². The van der Waals surface area contributed by atoms with E-state index in [1.807, 2.05) is 16.9 Å². The molecule has 1 aromatic heterocycles. The van der Waals surface area contributed by atoms with Crippen LogP contribution in [-0.4, -0.2) is 35.5 Å². The highest BCUT2D eigenvalue weighted by molar-refractivity contribution is 7.91. The van der Waals surface area contributed by atoms with Crippen molar-refractivity contribution in [1.29, 1.82) is 0 Å². The molecule has 0 N–H and O–H groups in total. The van der Waals surface area contributed by atoms with Crippen LogP contribution in [0.5, 0.6) is 0 Å². The number of nitrogens with zero attached hydrogens (tertiary/aromatic N) is 2. The van der Waals surface area contributed by atoms with Crippen molar-refractivity contribution in [3.8, 4) is 0 Å². The summed E-state index contributed by atoms with van der Waals surface area (Å²) in [5, 5.41) is 4.40. The van der Waals surface area contributed by atoms with E-state index in [4.69, 9.17) is 0 Å². The molecule has 2 heterocycles. The topological polar surface area (TPSA) is 69.0 Å². The van der Waals surface area contributed by atoms with Crippen molar-refractivity contribution >= 4 is 15.6 Å². The molecule has 0 aliphatic carbocycles. The first-order valence-electron chi connectivity index (χ1n) is 7.15. The van der Waals surface area contributed by atoms with Gasteiger partial charge in [-0.15, -0.1) is 0 Å². The number of rotatable bonds is 6. The first kappa shape index (κ1) is 15.2. The first-order valence-corrected chi connectivity index (χ1v) is 8.98. The summed E-state index contributed by atoms with van der Waals surface area (Å²) < 4.78 is 24.6. The second kappa shape index (κ2) is 6.08. The molecular formula is C14H22N2O3S. The summed E-state index contributed by atoms with van der Waals surface area (Å²) in [5.74, 6) is 0.485. The van der Waals surface area contributed by atoms with Crippen molar-refractivity contribution in [2.24, 2.45) is 5.92 Å². The second-order valence-electron chi connectivity index (χ2n) is 5.73. The molecule has 1 fully saturated rings. The minimum Gasteiger partial charge on any atom is -0.299 e. The predicted molar refractivity (Wildman–Crippen MR) is 77.3 cm³/mol. The number of aromatic nitrogens is 2. The van der Waals surface area contributed by atoms with Crippen LogP contribution >= 0.6 is 0 Å². The maximum absolute atomic E-state index is 12.0. The average Bonchev–Trinajstić information content (AvgIpc) is 2.95. The van der Waals surface area contributed by atoms with Gasteiger partial charge in [-0.05, 0) is 31.7 Å². The van der Waals surface area contributed by atoms with Crippen LogP contribution in [0.1, 0.15) is 44.8 Å². The highest BCUT2D eigenvalue weighted by atomic mass is 32.2. The smallest absolute Gasteiger partial charge is 0.150 e. The van der Waals surface area contributed by atoms with E-state index < -0.39 is 9.84 Å². The molecule has 1 aliphatic rings. The third-order valence-electron chi connectivity index (χ3n) is 3.93. The lowest BCUT2D eigenvalue weighted by atomic mass is 10.00. The van der Waals surface area contributed by atoms with Gasteiger partial charge < -0.3 is 0 Å². The molecule has 6 heteroatoms. The quantitative estimate of drug-likeness (QED) is 0.803. The molecule has 0 saturated carbocycles. The van der Waals surface area contributed by atoms with Gasteiger partial charge >= 0.3 is 0 Å². The lowest BCUT2D eigenvalue weighted by molar-refractivity contribution is -0.119. The highest BCUT2D eigenvalue weighted by Crippen LogP contribution is 2.22. The summed E-state index contributed by atoms with van der Waals surface area (Å²) in [6.45, 7) is 4.18. The Bertz CT molecular complexity index is 577. The van der Waals surface area contributed by atoms with E-state index in [1.165, 1.54) is 0 Å². The summed E-state index contributed by atoms with van der Waals surface area (Å²) in [4.78, 5) is 12.0. The zero-order valence-electron chi connectivity index (χ0n) is 12.1. The number of hydrogen-bond acceptors (Lipinski definition) is 4. The van der Waals surface area contributed by atoms with Crippen LogP contribution in [0.4, 0.5) is 0 Å². The minimum absolute atomic E-state index is 0.00384. The zero-order chi connectivity index (χ0) is 14.8. The Morgan fingerprint density at radius 3 is 2.90 bits per heavy atom. The number of Topliss-reactive ketones (excluding diaryl/α,β-unsaturated/α-hetero) is 1. The monoisotopic (exact) mass is 298 g/mol. The van der Waals surface area contributed by atoms with Gasteiger partial charge in [0, 0.05) is 18.7 Å². The van der Waals surface area contributed by atoms with Crippen LogP contribution in [0, 0.1) is 5.92 Å². The molecular weight excluding hydrogens is 276 g/mol. The fourth-order valence-corrected chi connectivity index (χ4v) is 4.40. The summed E-state index contributed by atoms with van der Waals surface area (Å²) in [6, 6.07) is 2.20. The van der Waals surface area contributed by atoms with Gasteiger partial charge in [-0.1, -0.05) is 6.92 Å². The Balaban J connectivity index is 1.87. The van der Waals surface area contributed by atoms with Crippen molar-refractivity contribution in [2.45, 2.75) is 45.6 Å². The Labute approximate surface area is 120 Å². The van der Waals surface area contributed by atoms with Crippen LogP contribution in [0.2, 0.25) is 0 Å². The largest absolute Gasteiger partial charge is 0.299 e. The normalized spacial score (nSPS) is 22.8. The van der Waals surface area contributed by atoms with Gasteiger partial charge in [0.2, 0.25) is 0 Å². The summed E-state index contributed by atoms with van der Waals surface area (Å²) >= 11 is 0. The fraction of sp³-hybridized carbons (Fsp3) is 0.714. The predicted octanol–water partition coefficient (Wildman–Crippen LogP) is 1.79. The van der Waals surface area contributed by atoms with Gasteiger partial charge in [0.15, 0.2) is 9.84 Å². The first-order chi connectivity index (χ1) is 9.39. The van der Waals surface area contributed by atoms with Crippen LogP contribution in [0.25, 0.3) is 0 Å². The van der Waals surface area contributed by atoms with Crippen molar-refractivity contribution in [3.05, 3.63) is 18.0 Å². The maximum Gasteiger partial charge on any atom is 0.150 e. The van der Waals surface area contributed by atoms with Crippen LogP contribution in [-0.2, 0) is 21.1 Å². The maximum atomic E-state index is 12.0. The van der Waals surface area contributed by atoms with Crippen LogP contribution < -0.4 is 0 Å². The highest BCUT2D eigenvalue weighted by Gasteiger charge is 2.29. The Morgan fingerprint density at radius 1 is 1.55 bits per heavy atom. The van der Waals surface area contributed by atoms with Crippen molar-refractivity contribution in [2.75, 3.05) is 11.5 Å². The van der Waals surface area contributed by atoms with Gasteiger partial charge in [-0.3, -0.25) is 9.48 Å². The van der Waals surface area contributed by atoms with Gasteiger partial charge in [-0.25, -0.2) is 8.42 Å². The molecule has 2 atom stereocenters. The van der Waals surface area contributed by atoms with E-state index in [2.05, 4.69) is 18.9 Å². The Kier molecular flexibility index (Phi) is 4.62. The fourth-order valence-electron chi connectivity index (χ4n) is 2.53. The second-order valence-corrected chi connectivity index (χ2v) is 7.96. The molecule has 112 valence electrons. The van der Waals surface area contributed by atoms with Crippen molar-refractivity contribution in [1.82, 2.24) is 9.78 Å². The molecule has 20 heavy (non-hydrogen) atoms. The standard InChI is InChI=1S/C14H22N2O3S/c1-3-11(2)16-6-4-13(15-16)9-14(17)8-12-5-7-20(18,19)10-12/h4,6,11-12H,3,5,7-10H2,1-2H3. The summed E-state index contributed by atoms with van der Waals surface area (Å²) in [7, 11) is -2.90. The minimum atomic E-state index is -2.90. The lowest BCUT2D eigenvalue weighted by Gasteiger charge is -2.08. The number of carbonyl (C=O) groups excluding carboxylic acids is 1. The number of hydrogen-bond donors (Lipinski definition) is 0. The molecule has 2 rings (SSSR count). The molecule has 0 aromatic carbocycles. The Morgan fingerprint density at radius 2 is 2.30 bits per heavy atom. The molecule has 1 aromatic rings. The zero-order valence-corrected chi connectivity index (χ0v) is 12.9. The van der Waals surface area contributed by atoms with Gasteiger partial charge in [0.1, 0.15) is 5.78 Å². The number of sulfone groups is 1. The Hall–Kier alpha value is -1.17. The average molecular weight is 298 g/mol. The van der Waals surface area contributed by atoms with E-state index in [-0.39, 0.29) is 23.2 Å². The number of ketones is 1.